The third kappa shape index (κ3) is 8.29. The maximum absolute atomic E-state index is 12.6. The van der Waals surface area contributed by atoms with Gasteiger partial charge in [-0.3, -0.25) is 4.79 Å². The van der Waals surface area contributed by atoms with Crippen molar-refractivity contribution >= 4 is 24.2 Å². The number of nitrogens with zero attached hydrogens (tertiary/aromatic N) is 2. The number of likely N-dealkylation sites (tertiary alicyclic amines) is 1. The van der Waals surface area contributed by atoms with Crippen LogP contribution in [0.4, 0.5) is 14.4 Å². The molecule has 0 radical (unpaired) electrons. The Kier molecular flexibility index (Phi) is 7.32. The van der Waals surface area contributed by atoms with E-state index in [-0.39, 0.29) is 13.0 Å². The molecule has 0 saturated carbocycles. The van der Waals surface area contributed by atoms with Crippen molar-refractivity contribution in [2.75, 3.05) is 6.54 Å². The van der Waals surface area contributed by atoms with E-state index < -0.39 is 47.0 Å². The van der Waals surface area contributed by atoms with Gasteiger partial charge in [0.1, 0.15) is 16.8 Å². The fourth-order valence-corrected chi connectivity index (χ4v) is 2.55. The molecule has 9 nitrogen and oxygen atoms in total. The second-order valence-electron chi connectivity index (χ2n) is 10.0. The molecule has 0 aromatic rings. The van der Waals surface area contributed by atoms with Gasteiger partial charge in [0.25, 0.3) is 0 Å². The zero-order chi connectivity index (χ0) is 22.8. The molecule has 29 heavy (non-hydrogen) atoms. The summed E-state index contributed by atoms with van der Waals surface area (Å²) in [5.41, 5.74) is -2.47. The molecule has 1 fully saturated rings. The Bertz CT molecular complexity index is 625. The molecule has 4 amide bonds. The van der Waals surface area contributed by atoms with E-state index in [0.29, 0.717) is 6.42 Å². The van der Waals surface area contributed by atoms with Crippen molar-refractivity contribution in [1.82, 2.24) is 9.80 Å². The van der Waals surface area contributed by atoms with E-state index in [1.54, 1.807) is 62.3 Å². The summed E-state index contributed by atoms with van der Waals surface area (Å²) in [5.74, 6) is -0.419. The molecule has 0 spiro atoms. The van der Waals surface area contributed by atoms with Crippen molar-refractivity contribution in [1.29, 1.82) is 0 Å². The molecule has 0 aromatic heterocycles. The molecule has 1 heterocycles. The van der Waals surface area contributed by atoms with Gasteiger partial charge < -0.3 is 14.2 Å². The molecule has 1 aliphatic heterocycles. The average Bonchev–Trinajstić information content (AvgIpc) is 2.79. The third-order valence-corrected chi connectivity index (χ3v) is 3.54. The van der Waals surface area contributed by atoms with Gasteiger partial charge in [-0.15, -0.1) is 0 Å². The van der Waals surface area contributed by atoms with E-state index in [0.717, 1.165) is 9.80 Å². The Labute approximate surface area is 172 Å². The largest absolute Gasteiger partial charge is 0.443 e. The Morgan fingerprint density at radius 3 is 1.66 bits per heavy atom. The summed E-state index contributed by atoms with van der Waals surface area (Å²) in [6.45, 7) is 14.9. The lowest BCUT2D eigenvalue weighted by Crippen LogP contribution is -2.51. The first-order valence-corrected chi connectivity index (χ1v) is 9.68. The van der Waals surface area contributed by atoms with Crippen LogP contribution in [0.1, 0.15) is 75.2 Å². The Hall–Kier alpha value is -2.32. The first kappa shape index (κ1) is 24.7. The first-order chi connectivity index (χ1) is 12.9. The minimum Gasteiger partial charge on any atom is -0.443 e. The smallest absolute Gasteiger partial charge is 0.419 e. The van der Waals surface area contributed by atoms with E-state index in [9.17, 15) is 19.2 Å². The lowest BCUT2D eigenvalue weighted by molar-refractivity contribution is -0.128. The van der Waals surface area contributed by atoms with Crippen LogP contribution in [0.5, 0.6) is 0 Å². The van der Waals surface area contributed by atoms with Gasteiger partial charge in [-0.05, 0) is 68.7 Å². The fourth-order valence-electron chi connectivity index (χ4n) is 2.55. The Morgan fingerprint density at radius 1 is 0.862 bits per heavy atom. The van der Waals surface area contributed by atoms with Crippen molar-refractivity contribution in [3.05, 3.63) is 0 Å². The minimum atomic E-state index is -0.907. The SMILES string of the molecule is CC(C)(C)OC(=O)N(CC1CCC(=O)N1C(=O)OC(C)(C)C)C(=O)OC(C)(C)C. The van der Waals surface area contributed by atoms with Crippen molar-refractivity contribution in [2.45, 2.75) is 98.0 Å². The Morgan fingerprint density at radius 2 is 1.28 bits per heavy atom. The minimum absolute atomic E-state index is 0.111. The molecular formula is C20H34N2O7. The van der Waals surface area contributed by atoms with Crippen LogP contribution in [0.2, 0.25) is 0 Å². The number of carbonyl (C=O) groups excluding carboxylic acids is 4. The molecule has 0 bridgehead atoms. The lowest BCUT2D eigenvalue weighted by Gasteiger charge is -2.32. The average molecular weight is 414 g/mol. The van der Waals surface area contributed by atoms with E-state index in [1.807, 2.05) is 0 Å². The summed E-state index contributed by atoms with van der Waals surface area (Å²) < 4.78 is 15.9. The number of carbonyl (C=O) groups is 4. The van der Waals surface area contributed by atoms with Crippen molar-refractivity contribution in [3.63, 3.8) is 0 Å². The van der Waals surface area contributed by atoms with Crippen molar-refractivity contribution in [2.24, 2.45) is 0 Å². The number of amides is 4. The van der Waals surface area contributed by atoms with E-state index in [4.69, 9.17) is 14.2 Å². The van der Waals surface area contributed by atoms with Crippen LogP contribution in [0.3, 0.4) is 0 Å². The van der Waals surface area contributed by atoms with Crippen molar-refractivity contribution in [3.8, 4) is 0 Å². The number of rotatable bonds is 2. The Balaban J connectivity index is 3.09. The van der Waals surface area contributed by atoms with Gasteiger partial charge in [0.2, 0.25) is 5.91 Å². The van der Waals surface area contributed by atoms with Crippen LogP contribution >= 0.6 is 0 Å². The van der Waals surface area contributed by atoms with Crippen LogP contribution in [0, 0.1) is 0 Å². The number of imide groups is 2. The second kappa shape index (κ2) is 8.59. The molecule has 1 unspecified atom stereocenters. The zero-order valence-corrected chi connectivity index (χ0v) is 19.0. The highest BCUT2D eigenvalue weighted by Crippen LogP contribution is 2.24. The van der Waals surface area contributed by atoms with E-state index >= 15 is 0 Å². The molecule has 1 rings (SSSR count). The van der Waals surface area contributed by atoms with Crippen LogP contribution in [-0.2, 0) is 19.0 Å². The third-order valence-electron chi connectivity index (χ3n) is 3.54. The van der Waals surface area contributed by atoms with Crippen LogP contribution in [-0.4, -0.2) is 63.4 Å². The molecule has 0 N–H and O–H groups in total. The van der Waals surface area contributed by atoms with Crippen LogP contribution < -0.4 is 0 Å². The standard InChI is InChI=1S/C20H34N2O7/c1-18(2,3)27-15(24)21(16(25)28-19(4,5)6)12-13-10-11-14(23)22(13)17(26)29-20(7,8)9/h13H,10-12H2,1-9H3. The summed E-state index contributed by atoms with van der Waals surface area (Å²) in [7, 11) is 0. The quantitative estimate of drug-likeness (QED) is 0.627. The number of ether oxygens (including phenoxy) is 3. The normalized spacial score (nSPS) is 17.8. The monoisotopic (exact) mass is 414 g/mol. The molecule has 166 valence electrons. The highest BCUT2D eigenvalue weighted by molar-refractivity contribution is 5.94. The molecule has 0 aromatic carbocycles. The predicted molar refractivity (Wildman–Crippen MR) is 105 cm³/mol. The predicted octanol–water partition coefficient (Wildman–Crippen LogP) is 4.08. The highest BCUT2D eigenvalue weighted by atomic mass is 16.6. The lowest BCUT2D eigenvalue weighted by atomic mass is 10.2. The summed E-state index contributed by atoms with van der Waals surface area (Å²) in [4.78, 5) is 51.8. The summed E-state index contributed by atoms with van der Waals surface area (Å²) in [6.07, 6.45) is -2.22. The van der Waals surface area contributed by atoms with E-state index in [1.165, 1.54) is 0 Å². The maximum atomic E-state index is 12.6. The molecular weight excluding hydrogens is 380 g/mol. The number of hydrogen-bond donors (Lipinski definition) is 0. The maximum Gasteiger partial charge on any atom is 0.419 e. The molecule has 1 saturated heterocycles. The molecule has 1 atom stereocenters. The van der Waals surface area contributed by atoms with Gasteiger partial charge in [0, 0.05) is 6.42 Å². The zero-order valence-electron chi connectivity index (χ0n) is 19.0. The van der Waals surface area contributed by atoms with Gasteiger partial charge in [-0.1, -0.05) is 0 Å². The van der Waals surface area contributed by atoms with Gasteiger partial charge in [-0.2, -0.15) is 0 Å². The highest BCUT2D eigenvalue weighted by Gasteiger charge is 2.42. The summed E-state index contributed by atoms with van der Waals surface area (Å²) in [5, 5.41) is 0. The first-order valence-electron chi connectivity index (χ1n) is 9.68. The van der Waals surface area contributed by atoms with Crippen LogP contribution in [0.15, 0.2) is 0 Å². The molecule has 0 aliphatic carbocycles. The topological polar surface area (TPSA) is 102 Å². The van der Waals surface area contributed by atoms with Crippen LogP contribution in [0.25, 0.3) is 0 Å². The van der Waals surface area contributed by atoms with Gasteiger partial charge in [0.15, 0.2) is 0 Å². The second-order valence-corrected chi connectivity index (χ2v) is 10.0. The van der Waals surface area contributed by atoms with Crippen molar-refractivity contribution < 1.29 is 33.4 Å². The fraction of sp³-hybridized carbons (Fsp3) is 0.800. The van der Waals surface area contributed by atoms with Gasteiger partial charge in [0.05, 0.1) is 12.6 Å². The summed E-state index contributed by atoms with van der Waals surface area (Å²) in [6, 6.07) is -0.725. The number of hydrogen-bond acceptors (Lipinski definition) is 7. The van der Waals surface area contributed by atoms with E-state index in [2.05, 4.69) is 0 Å². The van der Waals surface area contributed by atoms with Gasteiger partial charge >= 0.3 is 18.3 Å². The molecule has 1 aliphatic rings. The van der Waals surface area contributed by atoms with Gasteiger partial charge in [-0.25, -0.2) is 24.2 Å². The summed E-state index contributed by atoms with van der Waals surface area (Å²) >= 11 is 0. The molecule has 9 heteroatoms.